The summed E-state index contributed by atoms with van der Waals surface area (Å²) in [6.07, 6.45) is 0. The Bertz CT molecular complexity index is 623. The smallest absolute Gasteiger partial charge is 0.251 e. The van der Waals surface area contributed by atoms with E-state index in [1.54, 1.807) is 18.2 Å². The molecule has 3 N–H and O–H groups in total. The molecule has 0 aliphatic carbocycles. The topological polar surface area (TPSA) is 72.2 Å². The highest BCUT2D eigenvalue weighted by Crippen LogP contribution is 2.13. The van der Waals surface area contributed by atoms with E-state index in [0.717, 1.165) is 5.56 Å². The van der Waals surface area contributed by atoms with Crippen LogP contribution in [0.25, 0.3) is 0 Å². The number of nitrogens with one attached hydrogen (secondary N) is 1. The van der Waals surface area contributed by atoms with E-state index in [2.05, 4.69) is 5.32 Å². The van der Waals surface area contributed by atoms with Gasteiger partial charge in [0, 0.05) is 11.1 Å². The summed E-state index contributed by atoms with van der Waals surface area (Å²) < 4.78 is 0. The number of primary amides is 1. The number of carbonyl (C=O) groups excluding carboxylic acids is 2. The molecule has 0 saturated carbocycles. The minimum atomic E-state index is -0.546. The lowest BCUT2D eigenvalue weighted by Gasteiger charge is -2.14. The maximum atomic E-state index is 12.1. The fraction of sp³-hybridized carbons (Fsp3) is 0.125. The van der Waals surface area contributed by atoms with Gasteiger partial charge < -0.3 is 11.1 Å². The minimum absolute atomic E-state index is 0.110. The summed E-state index contributed by atoms with van der Waals surface area (Å²) in [4.78, 5) is 23.2. The molecule has 2 amide bonds. The summed E-state index contributed by atoms with van der Waals surface area (Å²) in [5, 5.41) is 2.89. The maximum Gasteiger partial charge on any atom is 0.251 e. The number of hydrogen-bond donors (Lipinski definition) is 2. The largest absolute Gasteiger partial charge is 0.366 e. The van der Waals surface area contributed by atoms with Crippen molar-refractivity contribution in [2.24, 2.45) is 5.73 Å². The summed E-state index contributed by atoms with van der Waals surface area (Å²) in [7, 11) is 0. The first-order chi connectivity index (χ1) is 9.58. The molecular formula is C16H16N2O2. The number of hydrogen-bond acceptors (Lipinski definition) is 2. The second-order valence-electron chi connectivity index (χ2n) is 4.55. The van der Waals surface area contributed by atoms with E-state index in [4.69, 9.17) is 5.73 Å². The summed E-state index contributed by atoms with van der Waals surface area (Å²) >= 11 is 0. The summed E-state index contributed by atoms with van der Waals surface area (Å²) in [6, 6.07) is 15.9. The van der Waals surface area contributed by atoms with E-state index >= 15 is 0 Å². The Balaban J connectivity index is 2.12. The van der Waals surface area contributed by atoms with E-state index in [0.29, 0.717) is 11.1 Å². The number of carbonyl (C=O) groups is 2. The normalized spacial score (nSPS) is 11.7. The van der Waals surface area contributed by atoms with Crippen LogP contribution in [0.3, 0.4) is 0 Å². The van der Waals surface area contributed by atoms with Crippen molar-refractivity contribution in [1.29, 1.82) is 0 Å². The van der Waals surface area contributed by atoms with Crippen molar-refractivity contribution in [3.05, 3.63) is 71.3 Å². The second-order valence-corrected chi connectivity index (χ2v) is 4.55. The summed E-state index contributed by atoms with van der Waals surface area (Å²) in [5.74, 6) is -0.778. The zero-order chi connectivity index (χ0) is 14.5. The average Bonchev–Trinajstić information content (AvgIpc) is 2.48. The summed E-state index contributed by atoms with van der Waals surface area (Å²) in [5.41, 5.74) is 6.97. The zero-order valence-electron chi connectivity index (χ0n) is 11.2. The quantitative estimate of drug-likeness (QED) is 0.892. The third kappa shape index (κ3) is 3.23. The van der Waals surface area contributed by atoms with Crippen LogP contribution in [0.4, 0.5) is 0 Å². The van der Waals surface area contributed by atoms with Gasteiger partial charge in [-0.05, 0) is 30.7 Å². The van der Waals surface area contributed by atoms with Gasteiger partial charge in [0.15, 0.2) is 0 Å². The van der Waals surface area contributed by atoms with Crippen LogP contribution in [0.2, 0.25) is 0 Å². The predicted molar refractivity (Wildman–Crippen MR) is 77.3 cm³/mol. The first-order valence-electron chi connectivity index (χ1n) is 6.33. The van der Waals surface area contributed by atoms with Crippen LogP contribution in [-0.4, -0.2) is 11.8 Å². The Hall–Kier alpha value is -2.62. The highest BCUT2D eigenvalue weighted by molar-refractivity contribution is 5.99. The highest BCUT2D eigenvalue weighted by atomic mass is 16.2. The molecule has 0 bridgehead atoms. The van der Waals surface area contributed by atoms with Crippen molar-refractivity contribution in [3.8, 4) is 0 Å². The molecule has 0 aliphatic heterocycles. The van der Waals surface area contributed by atoms with Gasteiger partial charge in [0.05, 0.1) is 6.04 Å². The standard InChI is InChI=1S/C16H16N2O2/c1-11(12-6-3-2-4-7-12)18-16(20)14-9-5-8-13(10-14)15(17)19/h2-11H,1H3,(H2,17,19)(H,18,20). The van der Waals surface area contributed by atoms with E-state index in [9.17, 15) is 9.59 Å². The number of amides is 2. The molecule has 0 heterocycles. The summed E-state index contributed by atoms with van der Waals surface area (Å²) in [6.45, 7) is 1.91. The number of rotatable bonds is 4. The third-order valence-corrected chi connectivity index (χ3v) is 3.06. The fourth-order valence-electron chi connectivity index (χ4n) is 1.92. The average molecular weight is 268 g/mol. The molecule has 2 aromatic rings. The van der Waals surface area contributed by atoms with Crippen LogP contribution in [0.1, 0.15) is 39.2 Å². The Labute approximate surface area is 117 Å². The number of benzene rings is 2. The first kappa shape index (κ1) is 13.8. The van der Waals surface area contributed by atoms with E-state index in [-0.39, 0.29) is 11.9 Å². The molecule has 4 heteroatoms. The number of nitrogens with two attached hydrogens (primary N) is 1. The second kappa shape index (κ2) is 6.02. The molecule has 2 aromatic carbocycles. The third-order valence-electron chi connectivity index (χ3n) is 3.06. The first-order valence-corrected chi connectivity index (χ1v) is 6.33. The van der Waals surface area contributed by atoms with E-state index in [1.807, 2.05) is 37.3 Å². The maximum absolute atomic E-state index is 12.1. The molecule has 1 unspecified atom stereocenters. The molecule has 0 radical (unpaired) electrons. The Morgan fingerprint density at radius 1 is 1.00 bits per heavy atom. The van der Waals surface area contributed by atoms with Crippen molar-refractivity contribution in [1.82, 2.24) is 5.32 Å². The molecule has 0 aromatic heterocycles. The van der Waals surface area contributed by atoms with Crippen LogP contribution in [0.15, 0.2) is 54.6 Å². The van der Waals surface area contributed by atoms with Gasteiger partial charge in [-0.1, -0.05) is 36.4 Å². The molecule has 0 saturated heterocycles. The fourth-order valence-corrected chi connectivity index (χ4v) is 1.92. The molecule has 1 atom stereocenters. The van der Waals surface area contributed by atoms with Crippen LogP contribution in [-0.2, 0) is 0 Å². The molecule has 0 spiro atoms. The molecule has 0 fully saturated rings. The van der Waals surface area contributed by atoms with Gasteiger partial charge in [-0.15, -0.1) is 0 Å². The highest BCUT2D eigenvalue weighted by Gasteiger charge is 2.12. The van der Waals surface area contributed by atoms with Gasteiger partial charge in [0.1, 0.15) is 0 Å². The van der Waals surface area contributed by atoms with Crippen molar-refractivity contribution in [2.45, 2.75) is 13.0 Å². The van der Waals surface area contributed by atoms with Crippen molar-refractivity contribution in [2.75, 3.05) is 0 Å². The zero-order valence-corrected chi connectivity index (χ0v) is 11.2. The van der Waals surface area contributed by atoms with Crippen LogP contribution >= 0.6 is 0 Å². The van der Waals surface area contributed by atoms with Crippen LogP contribution in [0.5, 0.6) is 0 Å². The Morgan fingerprint density at radius 3 is 2.30 bits per heavy atom. The monoisotopic (exact) mass is 268 g/mol. The van der Waals surface area contributed by atoms with Gasteiger partial charge in [0.25, 0.3) is 5.91 Å². The van der Waals surface area contributed by atoms with Crippen molar-refractivity contribution >= 4 is 11.8 Å². The molecule has 20 heavy (non-hydrogen) atoms. The van der Waals surface area contributed by atoms with Gasteiger partial charge >= 0.3 is 0 Å². The minimum Gasteiger partial charge on any atom is -0.366 e. The molecule has 4 nitrogen and oxygen atoms in total. The Kier molecular flexibility index (Phi) is 4.15. The van der Waals surface area contributed by atoms with E-state index in [1.165, 1.54) is 6.07 Å². The Morgan fingerprint density at radius 2 is 1.65 bits per heavy atom. The lowest BCUT2D eigenvalue weighted by Crippen LogP contribution is -2.27. The van der Waals surface area contributed by atoms with Crippen LogP contribution < -0.4 is 11.1 Å². The molecule has 0 aliphatic rings. The molecule has 2 rings (SSSR count). The lowest BCUT2D eigenvalue weighted by atomic mass is 10.1. The van der Waals surface area contributed by atoms with Gasteiger partial charge in [0.2, 0.25) is 5.91 Å². The van der Waals surface area contributed by atoms with Crippen LogP contribution in [0, 0.1) is 0 Å². The van der Waals surface area contributed by atoms with Gasteiger partial charge in [-0.25, -0.2) is 0 Å². The SMILES string of the molecule is CC(NC(=O)c1cccc(C(N)=O)c1)c1ccccc1. The predicted octanol–water partition coefficient (Wildman–Crippen LogP) is 2.28. The molecule has 102 valence electrons. The van der Waals surface area contributed by atoms with Gasteiger partial charge in [-0.2, -0.15) is 0 Å². The molecular weight excluding hydrogens is 252 g/mol. The van der Waals surface area contributed by atoms with E-state index < -0.39 is 5.91 Å². The lowest BCUT2D eigenvalue weighted by molar-refractivity contribution is 0.0940. The van der Waals surface area contributed by atoms with Crippen molar-refractivity contribution < 1.29 is 9.59 Å². The van der Waals surface area contributed by atoms with Gasteiger partial charge in [-0.3, -0.25) is 9.59 Å². The van der Waals surface area contributed by atoms with Crippen molar-refractivity contribution in [3.63, 3.8) is 0 Å².